The van der Waals surface area contributed by atoms with Crippen LogP contribution in [0.2, 0.25) is 0 Å². The molecule has 2 aliphatic rings. The standard InChI is InChI=1S/C26H19.2ClH.Hf/c1-18(19-9-3-2-4-10-19)20-15-16-21(17-20)26-24-13-7-5-11-22(24)23-12-6-8-14-25(23)26;;;/h2-16,26H,1H3;2*1H;/q;;;+2/p-2. The van der Waals surface area contributed by atoms with Crippen molar-refractivity contribution in [2.24, 2.45) is 0 Å². The second-order valence-electron chi connectivity index (χ2n) is 7.18. The van der Waals surface area contributed by atoms with Gasteiger partial charge >= 0.3 is 176 Å². The zero-order valence-electron chi connectivity index (χ0n) is 16.0. The summed E-state index contributed by atoms with van der Waals surface area (Å²) >= 11 is 1.05. The minimum absolute atomic E-state index is 0. The fourth-order valence-electron chi connectivity index (χ4n) is 4.38. The van der Waals surface area contributed by atoms with Gasteiger partial charge < -0.3 is 24.8 Å². The van der Waals surface area contributed by atoms with Crippen LogP contribution in [-0.4, -0.2) is 0 Å². The fraction of sp³-hybridized carbons (Fsp3) is 0.0769. The number of benzene rings is 3. The number of allylic oxidation sites excluding steroid dienone is 6. The van der Waals surface area contributed by atoms with Gasteiger partial charge in [-0.3, -0.25) is 0 Å². The number of hydrogen-bond donors (Lipinski definition) is 0. The van der Waals surface area contributed by atoms with E-state index in [1.807, 2.05) is 0 Å². The Morgan fingerprint density at radius 3 is 1.79 bits per heavy atom. The molecule has 0 atom stereocenters. The molecular weight excluding hydrogens is 562 g/mol. The fourth-order valence-corrected chi connectivity index (χ4v) is 6.17. The van der Waals surface area contributed by atoms with Crippen molar-refractivity contribution in [2.75, 3.05) is 0 Å². The maximum atomic E-state index is 2.37. The Balaban J connectivity index is 0.00000120. The molecule has 3 heteroatoms. The van der Waals surface area contributed by atoms with Gasteiger partial charge in [-0.25, -0.2) is 0 Å². The molecule has 5 rings (SSSR count). The summed E-state index contributed by atoms with van der Waals surface area (Å²) in [5, 5.41) is 0. The average molecular weight is 581 g/mol. The van der Waals surface area contributed by atoms with E-state index in [4.69, 9.17) is 0 Å². The molecule has 0 radical (unpaired) electrons. The maximum absolute atomic E-state index is 2.37. The minimum atomic E-state index is 0. The molecule has 0 unspecified atom stereocenters. The summed E-state index contributed by atoms with van der Waals surface area (Å²) in [6.07, 6.45) is 4.71. The molecule has 0 saturated heterocycles. The third kappa shape index (κ3) is 3.65. The quantitative estimate of drug-likeness (QED) is 0.391. The number of rotatable bonds is 2. The van der Waals surface area contributed by atoms with Crippen LogP contribution in [-0.2, 0) is 24.4 Å². The van der Waals surface area contributed by atoms with Gasteiger partial charge in [0.2, 0.25) is 0 Å². The van der Waals surface area contributed by atoms with Gasteiger partial charge in [0.1, 0.15) is 0 Å². The van der Waals surface area contributed by atoms with Crippen LogP contribution in [0.5, 0.6) is 0 Å². The van der Waals surface area contributed by atoms with Crippen LogP contribution in [0, 0.1) is 0 Å². The van der Waals surface area contributed by atoms with Crippen LogP contribution < -0.4 is 24.8 Å². The Morgan fingerprint density at radius 2 is 1.21 bits per heavy atom. The van der Waals surface area contributed by atoms with Gasteiger partial charge in [-0.05, 0) is 0 Å². The maximum Gasteiger partial charge on any atom is -1.00 e. The van der Waals surface area contributed by atoms with E-state index >= 15 is 0 Å². The normalized spacial score (nSPS) is 16.1. The van der Waals surface area contributed by atoms with E-state index in [-0.39, 0.29) is 24.8 Å². The van der Waals surface area contributed by atoms with Crippen molar-refractivity contribution >= 4 is 5.57 Å². The molecule has 0 aromatic heterocycles. The van der Waals surface area contributed by atoms with E-state index in [9.17, 15) is 0 Å². The van der Waals surface area contributed by atoms with Crippen molar-refractivity contribution < 1.29 is 49.2 Å². The molecule has 3 aromatic carbocycles. The predicted molar refractivity (Wildman–Crippen MR) is 109 cm³/mol. The summed E-state index contributed by atoms with van der Waals surface area (Å²) < 4.78 is 1.54. The topological polar surface area (TPSA) is 0 Å². The first-order valence-corrected chi connectivity index (χ1v) is 11.1. The van der Waals surface area contributed by atoms with Gasteiger partial charge in [0.15, 0.2) is 0 Å². The Hall–Kier alpha value is -1.67. The van der Waals surface area contributed by atoms with Gasteiger partial charge in [-0.2, -0.15) is 0 Å². The molecular formula is C26H19Cl2Hf. The Kier molecular flexibility index (Phi) is 6.83. The molecule has 0 bridgehead atoms. The van der Waals surface area contributed by atoms with E-state index in [1.165, 1.54) is 47.9 Å². The van der Waals surface area contributed by atoms with Crippen LogP contribution in [0.1, 0.15) is 29.5 Å². The van der Waals surface area contributed by atoms with Gasteiger partial charge in [0.25, 0.3) is 0 Å². The third-order valence-corrected chi connectivity index (χ3v) is 7.75. The van der Waals surface area contributed by atoms with E-state index < -0.39 is 0 Å². The Bertz CT molecular complexity index is 1090. The number of halogens is 2. The van der Waals surface area contributed by atoms with Crippen molar-refractivity contribution in [3.8, 4) is 11.1 Å². The first-order chi connectivity index (χ1) is 13.3. The van der Waals surface area contributed by atoms with Crippen LogP contribution in [0.3, 0.4) is 0 Å². The molecule has 0 fully saturated rings. The van der Waals surface area contributed by atoms with Gasteiger partial charge in [0, 0.05) is 0 Å². The third-order valence-electron chi connectivity index (χ3n) is 5.74. The zero-order valence-corrected chi connectivity index (χ0v) is 21.1. The molecule has 3 aromatic rings. The van der Waals surface area contributed by atoms with Crippen molar-refractivity contribution in [3.05, 3.63) is 122 Å². The van der Waals surface area contributed by atoms with Crippen molar-refractivity contribution in [1.82, 2.24) is 0 Å². The summed E-state index contributed by atoms with van der Waals surface area (Å²) in [5.41, 5.74) is 11.3. The first kappa shape index (κ1) is 22.0. The minimum Gasteiger partial charge on any atom is -1.00 e. The SMILES string of the molecule is CC(=C1C=CC(C2c3ccccc3-c3ccccc32)=[C]1[Hf+2])c1ccccc1.[Cl-].[Cl-]. The van der Waals surface area contributed by atoms with E-state index in [1.54, 1.807) is 0 Å². The summed E-state index contributed by atoms with van der Waals surface area (Å²) in [7, 11) is 0. The molecule has 0 nitrogen and oxygen atoms in total. The summed E-state index contributed by atoms with van der Waals surface area (Å²) in [6, 6.07) is 28.6. The second-order valence-corrected chi connectivity index (χ2v) is 8.97. The molecule has 0 saturated carbocycles. The van der Waals surface area contributed by atoms with E-state index in [2.05, 4.69) is 97.9 Å². The van der Waals surface area contributed by atoms with Gasteiger partial charge in [-0.15, -0.1) is 0 Å². The monoisotopic (exact) mass is 581 g/mol. The van der Waals surface area contributed by atoms with Gasteiger partial charge in [0.05, 0.1) is 0 Å². The van der Waals surface area contributed by atoms with Crippen molar-refractivity contribution in [3.63, 3.8) is 0 Å². The molecule has 0 heterocycles. The molecule has 0 N–H and O–H groups in total. The van der Waals surface area contributed by atoms with Crippen LogP contribution >= 0.6 is 0 Å². The summed E-state index contributed by atoms with van der Waals surface area (Å²) in [5.74, 6) is 0.363. The Labute approximate surface area is 199 Å². The van der Waals surface area contributed by atoms with Gasteiger partial charge in [-0.1, -0.05) is 0 Å². The summed E-state index contributed by atoms with van der Waals surface area (Å²) in [6.45, 7) is 2.26. The summed E-state index contributed by atoms with van der Waals surface area (Å²) in [4.78, 5) is 0. The molecule has 2 aliphatic carbocycles. The van der Waals surface area contributed by atoms with Crippen LogP contribution in [0.15, 0.2) is 105 Å². The molecule has 0 aliphatic heterocycles. The predicted octanol–water partition coefficient (Wildman–Crippen LogP) is 0.651. The second kappa shape index (κ2) is 9.00. The van der Waals surface area contributed by atoms with E-state index in [0.717, 1.165) is 24.4 Å². The first-order valence-electron chi connectivity index (χ1n) is 9.34. The molecule has 0 spiro atoms. The van der Waals surface area contributed by atoms with E-state index in [0.29, 0.717) is 5.92 Å². The number of hydrogen-bond acceptors (Lipinski definition) is 0. The molecule has 29 heavy (non-hydrogen) atoms. The molecule has 141 valence electrons. The number of fused-ring (bicyclic) bond motifs is 3. The smallest absolute Gasteiger partial charge is 1.00 e. The molecule has 0 amide bonds. The zero-order chi connectivity index (χ0) is 18.4. The van der Waals surface area contributed by atoms with Crippen molar-refractivity contribution in [1.29, 1.82) is 0 Å². The van der Waals surface area contributed by atoms with Crippen molar-refractivity contribution in [2.45, 2.75) is 12.8 Å². The average Bonchev–Trinajstić information content (AvgIpc) is 3.26. The Morgan fingerprint density at radius 1 is 0.690 bits per heavy atom. The largest absolute Gasteiger partial charge is 1.00 e. The van der Waals surface area contributed by atoms with Crippen LogP contribution in [0.25, 0.3) is 16.7 Å². The van der Waals surface area contributed by atoms with Crippen LogP contribution in [0.4, 0.5) is 0 Å².